The van der Waals surface area contributed by atoms with Crippen LogP contribution in [0.4, 0.5) is 5.69 Å². The van der Waals surface area contributed by atoms with Crippen LogP contribution in [0.3, 0.4) is 0 Å². The Kier molecular flexibility index (Phi) is 4.83. The Labute approximate surface area is 149 Å². The summed E-state index contributed by atoms with van der Waals surface area (Å²) in [5.74, 6) is 0. The van der Waals surface area contributed by atoms with Crippen molar-refractivity contribution >= 4 is 43.0 Å². The summed E-state index contributed by atoms with van der Waals surface area (Å²) in [7, 11) is -3.37. The van der Waals surface area contributed by atoms with Crippen LogP contribution in [0, 0.1) is 13.8 Å². The third-order valence-electron chi connectivity index (χ3n) is 4.09. The number of halogens is 1. The van der Waals surface area contributed by atoms with Crippen molar-refractivity contribution < 1.29 is 8.42 Å². The number of benzene rings is 1. The summed E-state index contributed by atoms with van der Waals surface area (Å²) in [6, 6.07) is 9.85. The van der Waals surface area contributed by atoms with Crippen molar-refractivity contribution in [2.45, 2.75) is 18.1 Å². The number of anilines is 1. The number of sulfonamides is 1. The Bertz CT molecular complexity index is 809. The zero-order chi connectivity index (χ0) is 16.6. The summed E-state index contributed by atoms with van der Waals surface area (Å²) in [5, 5.41) is 0. The maximum atomic E-state index is 12.7. The van der Waals surface area contributed by atoms with Crippen LogP contribution < -0.4 is 4.90 Å². The largest absolute Gasteiger partial charge is 0.369 e. The van der Waals surface area contributed by atoms with Gasteiger partial charge in [0.05, 0.1) is 3.79 Å². The number of hydrogen-bond acceptors (Lipinski definition) is 4. The smallest absolute Gasteiger partial charge is 0.252 e. The van der Waals surface area contributed by atoms with E-state index in [0.717, 1.165) is 16.9 Å². The first-order valence-electron chi connectivity index (χ1n) is 7.45. The lowest BCUT2D eigenvalue weighted by atomic mass is 10.1. The minimum atomic E-state index is -3.37. The van der Waals surface area contributed by atoms with Crippen LogP contribution in [-0.4, -0.2) is 38.9 Å². The highest BCUT2D eigenvalue weighted by molar-refractivity contribution is 9.11. The van der Waals surface area contributed by atoms with Crippen molar-refractivity contribution in [1.29, 1.82) is 0 Å². The molecule has 1 aromatic heterocycles. The molecule has 7 heteroatoms. The maximum Gasteiger partial charge on any atom is 0.252 e. The van der Waals surface area contributed by atoms with Crippen LogP contribution in [0.2, 0.25) is 0 Å². The van der Waals surface area contributed by atoms with E-state index in [1.807, 2.05) is 0 Å². The van der Waals surface area contributed by atoms with Gasteiger partial charge in [-0.2, -0.15) is 4.31 Å². The molecule has 1 fully saturated rings. The van der Waals surface area contributed by atoms with Gasteiger partial charge in [-0.3, -0.25) is 0 Å². The van der Waals surface area contributed by atoms with Gasteiger partial charge in [0.2, 0.25) is 0 Å². The van der Waals surface area contributed by atoms with Gasteiger partial charge >= 0.3 is 0 Å². The predicted molar refractivity (Wildman–Crippen MR) is 98.9 cm³/mol. The molecule has 1 aliphatic rings. The molecule has 0 unspecified atom stereocenters. The molecule has 23 heavy (non-hydrogen) atoms. The first-order valence-corrected chi connectivity index (χ1v) is 10.5. The van der Waals surface area contributed by atoms with Crippen LogP contribution in [0.25, 0.3) is 0 Å². The normalized spacial score (nSPS) is 16.7. The van der Waals surface area contributed by atoms with Crippen molar-refractivity contribution in [3.8, 4) is 0 Å². The molecule has 0 saturated carbocycles. The molecule has 0 amide bonds. The molecule has 0 atom stereocenters. The van der Waals surface area contributed by atoms with E-state index in [9.17, 15) is 8.42 Å². The zero-order valence-corrected chi connectivity index (χ0v) is 16.3. The second-order valence-electron chi connectivity index (χ2n) is 5.74. The fourth-order valence-electron chi connectivity index (χ4n) is 2.79. The Balaban J connectivity index is 1.75. The van der Waals surface area contributed by atoms with Gasteiger partial charge in [-0.25, -0.2) is 8.42 Å². The molecule has 0 radical (unpaired) electrons. The molecule has 1 aromatic carbocycles. The van der Waals surface area contributed by atoms with Crippen molar-refractivity contribution in [2.24, 2.45) is 0 Å². The van der Waals surface area contributed by atoms with Gasteiger partial charge in [0.15, 0.2) is 0 Å². The van der Waals surface area contributed by atoms with E-state index >= 15 is 0 Å². The number of thiophene rings is 1. The molecule has 4 nitrogen and oxygen atoms in total. The second kappa shape index (κ2) is 6.55. The molecule has 0 spiro atoms. The molecule has 1 saturated heterocycles. The highest BCUT2D eigenvalue weighted by Crippen LogP contribution is 2.30. The van der Waals surface area contributed by atoms with Crippen LogP contribution in [0.5, 0.6) is 0 Å². The lowest BCUT2D eigenvalue weighted by Gasteiger charge is -2.36. The van der Waals surface area contributed by atoms with Gasteiger partial charge in [-0.05, 0) is 59.1 Å². The van der Waals surface area contributed by atoms with Gasteiger partial charge in [-0.15, -0.1) is 11.3 Å². The Morgan fingerprint density at radius 2 is 1.74 bits per heavy atom. The molecule has 2 heterocycles. The van der Waals surface area contributed by atoms with Crippen molar-refractivity contribution in [3.05, 3.63) is 45.2 Å². The van der Waals surface area contributed by atoms with Crippen molar-refractivity contribution in [2.75, 3.05) is 31.1 Å². The van der Waals surface area contributed by atoms with E-state index in [0.29, 0.717) is 17.3 Å². The first-order chi connectivity index (χ1) is 10.9. The summed E-state index contributed by atoms with van der Waals surface area (Å²) in [6.45, 7) is 6.65. The summed E-state index contributed by atoms with van der Waals surface area (Å²) < 4.78 is 28.2. The second-order valence-corrected chi connectivity index (χ2v) is 10.4. The van der Waals surface area contributed by atoms with E-state index in [1.165, 1.54) is 28.2 Å². The lowest BCUT2D eigenvalue weighted by Crippen LogP contribution is -2.48. The maximum absolute atomic E-state index is 12.7. The van der Waals surface area contributed by atoms with Gasteiger partial charge in [-0.1, -0.05) is 12.1 Å². The Morgan fingerprint density at radius 1 is 1.04 bits per heavy atom. The van der Waals surface area contributed by atoms with Gasteiger partial charge in [0.1, 0.15) is 4.21 Å². The fourth-order valence-corrected chi connectivity index (χ4v) is 6.38. The van der Waals surface area contributed by atoms with E-state index in [1.54, 1.807) is 16.4 Å². The number of hydrogen-bond donors (Lipinski definition) is 0. The average Bonchev–Trinajstić information content (AvgIpc) is 2.97. The summed E-state index contributed by atoms with van der Waals surface area (Å²) >= 11 is 4.59. The highest BCUT2D eigenvalue weighted by atomic mass is 79.9. The zero-order valence-electron chi connectivity index (χ0n) is 13.1. The molecule has 124 valence electrons. The van der Waals surface area contributed by atoms with Crippen LogP contribution in [0.15, 0.2) is 38.3 Å². The number of rotatable bonds is 3. The third-order valence-corrected chi connectivity index (χ3v) is 8.08. The summed E-state index contributed by atoms with van der Waals surface area (Å²) in [5.41, 5.74) is 3.67. The summed E-state index contributed by atoms with van der Waals surface area (Å²) in [6.07, 6.45) is 0. The van der Waals surface area contributed by atoms with E-state index in [-0.39, 0.29) is 0 Å². The monoisotopic (exact) mass is 414 g/mol. The minimum absolute atomic E-state index is 0.407. The highest BCUT2D eigenvalue weighted by Gasteiger charge is 2.30. The number of aryl methyl sites for hydroxylation is 2. The van der Waals surface area contributed by atoms with Crippen LogP contribution >= 0.6 is 27.3 Å². The Hall–Kier alpha value is -0.890. The molecule has 1 aliphatic heterocycles. The van der Waals surface area contributed by atoms with Gasteiger partial charge in [0, 0.05) is 31.9 Å². The van der Waals surface area contributed by atoms with Crippen LogP contribution in [0.1, 0.15) is 11.1 Å². The SMILES string of the molecule is Cc1ccc(C)c(N2CCN(S(=O)(=O)c3ccc(Br)s3)CC2)c1. The fraction of sp³-hybridized carbons (Fsp3) is 0.375. The van der Waals surface area contributed by atoms with Crippen molar-refractivity contribution in [3.63, 3.8) is 0 Å². The number of piperazine rings is 1. The molecule has 2 aromatic rings. The average molecular weight is 415 g/mol. The van der Waals surface area contributed by atoms with Crippen molar-refractivity contribution in [1.82, 2.24) is 4.31 Å². The third kappa shape index (κ3) is 3.47. The predicted octanol–water partition coefficient (Wildman–Crippen LogP) is 3.64. The van der Waals surface area contributed by atoms with Gasteiger partial charge in [0.25, 0.3) is 10.0 Å². The molecule has 0 N–H and O–H groups in total. The van der Waals surface area contributed by atoms with E-state index in [4.69, 9.17) is 0 Å². The topological polar surface area (TPSA) is 40.6 Å². The minimum Gasteiger partial charge on any atom is -0.369 e. The Morgan fingerprint density at radius 3 is 2.35 bits per heavy atom. The molecule has 0 aliphatic carbocycles. The van der Waals surface area contributed by atoms with E-state index in [2.05, 4.69) is 52.9 Å². The number of nitrogens with zero attached hydrogens (tertiary/aromatic N) is 2. The van der Waals surface area contributed by atoms with E-state index < -0.39 is 10.0 Å². The molecule has 0 bridgehead atoms. The lowest BCUT2D eigenvalue weighted by molar-refractivity contribution is 0.385. The van der Waals surface area contributed by atoms with Crippen LogP contribution in [-0.2, 0) is 10.0 Å². The van der Waals surface area contributed by atoms with Gasteiger partial charge < -0.3 is 4.90 Å². The molecule has 3 rings (SSSR count). The quantitative estimate of drug-likeness (QED) is 0.769. The molecular formula is C16H19BrN2O2S2. The first kappa shape index (κ1) is 17.0. The molecular weight excluding hydrogens is 396 g/mol. The standard InChI is InChI=1S/C16H19BrN2O2S2/c1-12-3-4-13(2)14(11-12)18-7-9-19(10-8-18)23(20,21)16-6-5-15(17)22-16/h3-6,11H,7-10H2,1-2H3. The summed E-state index contributed by atoms with van der Waals surface area (Å²) in [4.78, 5) is 2.28.